The van der Waals surface area contributed by atoms with Gasteiger partial charge in [0, 0.05) is 98.7 Å². The molecule has 14 nitrogen and oxygen atoms in total. The Morgan fingerprint density at radius 1 is 0.937 bits per heavy atom. The Balaban J connectivity index is 0.868. The fourth-order valence-electron chi connectivity index (χ4n) is 9.10. The summed E-state index contributed by atoms with van der Waals surface area (Å²) in [6.07, 6.45) is 8.50. The molecule has 18 heteroatoms. The van der Waals surface area contributed by atoms with Crippen molar-refractivity contribution in [3.63, 3.8) is 0 Å². The molecule has 0 spiro atoms. The van der Waals surface area contributed by atoms with Crippen LogP contribution in [0.1, 0.15) is 55.2 Å². The van der Waals surface area contributed by atoms with E-state index < -0.39 is 36.5 Å². The van der Waals surface area contributed by atoms with Gasteiger partial charge in [0.05, 0.1) is 35.1 Å². The Labute approximate surface area is 374 Å². The van der Waals surface area contributed by atoms with Gasteiger partial charge in [-0.3, -0.25) is 19.8 Å². The minimum absolute atomic E-state index is 0.0634. The van der Waals surface area contributed by atoms with E-state index in [0.717, 1.165) is 75.3 Å². The fraction of sp³-hybridized carbons (Fsp3) is 0.422. The van der Waals surface area contributed by atoms with Gasteiger partial charge in [-0.25, -0.2) is 23.7 Å². The predicted molar refractivity (Wildman–Crippen MR) is 246 cm³/mol. The van der Waals surface area contributed by atoms with Crippen LogP contribution in [0.5, 0.6) is 5.75 Å². The fourth-order valence-corrected chi connectivity index (χ4v) is 10.8. The number of hydrogen-bond donors (Lipinski definition) is 3. The molecule has 8 rings (SSSR count). The minimum Gasteiger partial charge on any atom is -0.494 e. The highest BCUT2D eigenvalue weighted by molar-refractivity contribution is 9.10. The van der Waals surface area contributed by atoms with Gasteiger partial charge in [-0.2, -0.15) is 4.98 Å². The second kappa shape index (κ2) is 18.9. The molecule has 1 unspecified atom stereocenters. The number of pyridine rings is 2. The third-order valence-corrected chi connectivity index (χ3v) is 14.5. The molecule has 1 atom stereocenters. The van der Waals surface area contributed by atoms with Crippen molar-refractivity contribution >= 4 is 80.1 Å². The van der Waals surface area contributed by atoms with E-state index in [1.807, 2.05) is 12.1 Å². The highest BCUT2D eigenvalue weighted by Crippen LogP contribution is 2.42. The topological polar surface area (TPSA) is 158 Å². The number of ether oxygens (including phenoxy) is 1. The lowest BCUT2D eigenvalue weighted by atomic mass is 9.89. The average molecular weight is 946 g/mol. The molecule has 3 aromatic heterocycles. The van der Waals surface area contributed by atoms with E-state index in [-0.39, 0.29) is 18.4 Å². The van der Waals surface area contributed by atoms with Crippen LogP contribution in [0.15, 0.2) is 59.5 Å². The SMILES string of the molecule is CCc1cc(Nc2ncc(Br)c(Nc3cnc4ncccc4c3P(C)(C)=O)n2)c(OC)cc1N1CCC(N2CCN(CCc3cc(F)c(C4CCC(=O)NC4=O)c(F)c3)CC2)CC1. The van der Waals surface area contributed by atoms with Crippen molar-refractivity contribution in [2.75, 3.05) is 81.8 Å². The number of imide groups is 1. The molecule has 0 saturated carbocycles. The van der Waals surface area contributed by atoms with Gasteiger partial charge in [-0.1, -0.05) is 6.92 Å². The molecule has 0 radical (unpaired) electrons. The number of aryl methyl sites for hydroxylation is 1. The molecule has 2 aromatic carbocycles. The van der Waals surface area contributed by atoms with Gasteiger partial charge in [-0.05, 0) is 103 Å². The number of benzene rings is 2. The standard InChI is InChI=1S/C45H52BrF2N10O4P/c1-5-28-23-35(53-45-51-25-32(46)43(55-45)52-36-26-50-42-31(7-6-13-49-42)41(36)63(3,4)61)38(62-2)24-37(28)58-15-11-29(12-16-58)57-19-17-56(18-20-57)14-10-27-21-33(47)40(34(48)22-27)30-8-9-39(59)54-44(30)60/h6-7,13,21-26,29-30H,5,8-12,14-20H2,1-4H3,(H,54,59,60)(H2,51,52,53,55). The first-order valence-corrected chi connectivity index (χ1v) is 24.8. The van der Waals surface area contributed by atoms with Crippen molar-refractivity contribution in [1.29, 1.82) is 0 Å². The number of amides is 2. The Morgan fingerprint density at radius 3 is 2.37 bits per heavy atom. The molecule has 3 aliphatic heterocycles. The second-order valence-corrected chi connectivity index (χ2v) is 20.7. The van der Waals surface area contributed by atoms with Crippen LogP contribution in [0.3, 0.4) is 0 Å². The monoisotopic (exact) mass is 944 g/mol. The molecule has 63 heavy (non-hydrogen) atoms. The first-order chi connectivity index (χ1) is 30.3. The van der Waals surface area contributed by atoms with Crippen LogP contribution in [0, 0.1) is 11.6 Å². The summed E-state index contributed by atoms with van der Waals surface area (Å²) >= 11 is 3.58. The molecule has 2 amide bonds. The lowest BCUT2D eigenvalue weighted by Gasteiger charge is -2.43. The molecular formula is C45H52BrF2N10O4P. The van der Waals surface area contributed by atoms with Gasteiger partial charge in [0.2, 0.25) is 17.8 Å². The number of rotatable bonds is 13. The first-order valence-electron chi connectivity index (χ1n) is 21.4. The van der Waals surface area contributed by atoms with Crippen LogP contribution in [-0.2, 0) is 27.0 Å². The summed E-state index contributed by atoms with van der Waals surface area (Å²) < 4.78 is 50.3. The smallest absolute Gasteiger partial charge is 0.234 e. The zero-order valence-electron chi connectivity index (χ0n) is 35.9. The van der Waals surface area contributed by atoms with Gasteiger partial charge in [0.25, 0.3) is 0 Å². The highest BCUT2D eigenvalue weighted by Gasteiger charge is 2.33. The summed E-state index contributed by atoms with van der Waals surface area (Å²) in [5.41, 5.74) is 4.47. The number of methoxy groups -OCH3 is 1. The van der Waals surface area contributed by atoms with Gasteiger partial charge in [0.1, 0.15) is 30.3 Å². The van der Waals surface area contributed by atoms with Crippen molar-refractivity contribution < 1.29 is 27.7 Å². The molecule has 3 N–H and O–H groups in total. The molecule has 5 aromatic rings. The third-order valence-electron chi connectivity index (χ3n) is 12.3. The zero-order chi connectivity index (χ0) is 44.4. The predicted octanol–water partition coefficient (Wildman–Crippen LogP) is 7.12. The lowest BCUT2D eigenvalue weighted by molar-refractivity contribution is -0.134. The Bertz CT molecular complexity index is 2560. The maximum absolute atomic E-state index is 15.1. The van der Waals surface area contributed by atoms with E-state index in [4.69, 9.17) is 9.72 Å². The average Bonchev–Trinajstić information content (AvgIpc) is 3.27. The molecule has 6 heterocycles. The summed E-state index contributed by atoms with van der Waals surface area (Å²) in [5, 5.41) is 10.3. The highest BCUT2D eigenvalue weighted by atomic mass is 79.9. The Hall–Kier alpha value is -5.09. The molecule has 3 saturated heterocycles. The van der Waals surface area contributed by atoms with E-state index in [2.05, 4.69) is 80.6 Å². The summed E-state index contributed by atoms with van der Waals surface area (Å²) in [6.45, 7) is 11.7. The maximum atomic E-state index is 15.1. The van der Waals surface area contributed by atoms with E-state index in [0.29, 0.717) is 63.2 Å². The van der Waals surface area contributed by atoms with E-state index in [9.17, 15) is 14.2 Å². The number of halogens is 3. The number of aromatic nitrogens is 4. The van der Waals surface area contributed by atoms with Crippen LogP contribution in [0.25, 0.3) is 11.0 Å². The van der Waals surface area contributed by atoms with Crippen LogP contribution < -0.4 is 30.9 Å². The Kier molecular flexibility index (Phi) is 13.4. The van der Waals surface area contributed by atoms with Gasteiger partial charge in [0.15, 0.2) is 5.65 Å². The van der Waals surface area contributed by atoms with Crippen molar-refractivity contribution in [3.05, 3.63) is 87.8 Å². The largest absolute Gasteiger partial charge is 0.494 e. The van der Waals surface area contributed by atoms with Crippen LogP contribution in [0.2, 0.25) is 0 Å². The van der Waals surface area contributed by atoms with Gasteiger partial charge >= 0.3 is 0 Å². The van der Waals surface area contributed by atoms with E-state index >= 15 is 8.78 Å². The van der Waals surface area contributed by atoms with E-state index in [1.165, 1.54) is 17.7 Å². The molecule has 3 fully saturated rings. The molecular weight excluding hydrogens is 893 g/mol. The number of fused-ring (bicyclic) bond motifs is 1. The Morgan fingerprint density at radius 2 is 1.68 bits per heavy atom. The summed E-state index contributed by atoms with van der Waals surface area (Å²) in [5.74, 6) is -2.03. The molecule has 0 aliphatic carbocycles. The van der Waals surface area contributed by atoms with Crippen molar-refractivity contribution in [3.8, 4) is 5.75 Å². The maximum Gasteiger partial charge on any atom is 0.234 e. The number of carbonyl (C=O) groups excluding carboxylic acids is 2. The second-order valence-electron chi connectivity index (χ2n) is 16.7. The van der Waals surface area contributed by atoms with Crippen LogP contribution in [-0.4, -0.2) is 114 Å². The lowest BCUT2D eigenvalue weighted by Crippen LogP contribution is -2.53. The number of carbonyl (C=O) groups is 2. The summed E-state index contributed by atoms with van der Waals surface area (Å²) in [7, 11) is -1.11. The first kappa shape index (κ1) is 44.5. The van der Waals surface area contributed by atoms with Crippen molar-refractivity contribution in [1.82, 2.24) is 35.1 Å². The van der Waals surface area contributed by atoms with E-state index in [1.54, 1.807) is 39.0 Å². The summed E-state index contributed by atoms with van der Waals surface area (Å²) in [4.78, 5) is 49.3. The number of hydrogen-bond acceptors (Lipinski definition) is 13. The zero-order valence-corrected chi connectivity index (χ0v) is 38.4. The third kappa shape index (κ3) is 9.86. The number of anilines is 5. The minimum atomic E-state index is -2.76. The number of piperidine rings is 2. The van der Waals surface area contributed by atoms with Crippen LogP contribution in [0.4, 0.5) is 37.6 Å². The quantitative estimate of drug-likeness (QED) is 0.0811. The van der Waals surface area contributed by atoms with Gasteiger partial charge in [-0.15, -0.1) is 0 Å². The van der Waals surface area contributed by atoms with Crippen LogP contribution >= 0.6 is 23.1 Å². The number of nitrogens with zero attached hydrogens (tertiary/aromatic N) is 7. The van der Waals surface area contributed by atoms with Crippen molar-refractivity contribution in [2.45, 2.75) is 57.4 Å². The molecule has 0 bridgehead atoms. The number of nitrogens with one attached hydrogen (secondary N) is 3. The van der Waals surface area contributed by atoms with Gasteiger partial charge < -0.3 is 29.7 Å². The van der Waals surface area contributed by atoms with Crippen molar-refractivity contribution in [2.24, 2.45) is 0 Å². The molecule has 332 valence electrons. The molecule has 3 aliphatic rings. The number of piperazine rings is 1. The normalized spacial score (nSPS) is 18.1. The summed E-state index contributed by atoms with van der Waals surface area (Å²) in [6, 6.07) is 11.0.